The number of pyridine rings is 1. The number of aryl methyl sites for hydroxylation is 1. The molecule has 1 saturated heterocycles. The fourth-order valence-corrected chi connectivity index (χ4v) is 3.89. The van der Waals surface area contributed by atoms with Crippen molar-refractivity contribution in [3.63, 3.8) is 0 Å². The Morgan fingerprint density at radius 3 is 2.94 bits per heavy atom. The van der Waals surface area contributed by atoms with Crippen LogP contribution in [0.1, 0.15) is 24.1 Å². The van der Waals surface area contributed by atoms with E-state index in [4.69, 9.17) is 5.26 Å². The largest absolute Gasteiger partial charge is 0.369 e. The second kappa shape index (κ2) is 4.94. The lowest BCUT2D eigenvalue weighted by Crippen LogP contribution is -2.25. The van der Waals surface area contributed by atoms with Gasteiger partial charge in [0, 0.05) is 12.2 Å². The zero-order valence-corrected chi connectivity index (χ0v) is 11.0. The predicted molar refractivity (Wildman–Crippen MR) is 69.0 cm³/mol. The molecule has 2 rings (SSSR count). The Bertz CT molecular complexity index is 590. The summed E-state index contributed by atoms with van der Waals surface area (Å²) in [5.74, 6) is 0.845. The number of nitriles is 1. The molecule has 1 aliphatic rings. The van der Waals surface area contributed by atoms with E-state index in [1.54, 1.807) is 19.1 Å². The van der Waals surface area contributed by atoms with Crippen LogP contribution in [0.2, 0.25) is 0 Å². The lowest BCUT2D eigenvalue weighted by molar-refractivity contribution is 0.591. The van der Waals surface area contributed by atoms with Gasteiger partial charge in [0.1, 0.15) is 5.82 Å². The van der Waals surface area contributed by atoms with Gasteiger partial charge >= 0.3 is 0 Å². The summed E-state index contributed by atoms with van der Waals surface area (Å²) in [6.45, 7) is 2.17. The third-order valence-electron chi connectivity index (χ3n) is 3.06. The molecule has 1 atom stereocenters. The number of aromatic nitrogens is 1. The molecular weight excluding hydrogens is 250 g/mol. The van der Waals surface area contributed by atoms with Crippen LogP contribution in [0.15, 0.2) is 12.1 Å². The minimum atomic E-state index is -2.94. The molecule has 0 bridgehead atoms. The zero-order valence-electron chi connectivity index (χ0n) is 10.2. The second-order valence-corrected chi connectivity index (χ2v) is 6.91. The molecule has 0 saturated carbocycles. The maximum absolute atomic E-state index is 11.7. The molecule has 2 heterocycles. The highest BCUT2D eigenvalue weighted by molar-refractivity contribution is 7.92. The van der Waals surface area contributed by atoms with E-state index in [0.29, 0.717) is 24.3 Å². The Labute approximate surface area is 107 Å². The summed E-state index contributed by atoms with van der Waals surface area (Å²) in [5, 5.41) is 11.5. The van der Waals surface area contributed by atoms with Gasteiger partial charge < -0.3 is 5.32 Å². The summed E-state index contributed by atoms with van der Waals surface area (Å²) in [6, 6.07) is 5.38. The Balaban J connectivity index is 2.07. The number of sulfone groups is 1. The molecule has 1 unspecified atom stereocenters. The van der Waals surface area contributed by atoms with Crippen LogP contribution in [0.4, 0.5) is 5.82 Å². The average molecular weight is 265 g/mol. The molecule has 1 fully saturated rings. The van der Waals surface area contributed by atoms with E-state index >= 15 is 0 Å². The van der Waals surface area contributed by atoms with Gasteiger partial charge in [-0.05, 0) is 31.9 Å². The fourth-order valence-electron chi connectivity index (χ4n) is 2.13. The number of hydrogen-bond acceptors (Lipinski definition) is 5. The molecule has 0 radical (unpaired) electrons. The average Bonchev–Trinajstić information content (AvgIpc) is 2.65. The van der Waals surface area contributed by atoms with E-state index in [0.717, 1.165) is 12.1 Å². The van der Waals surface area contributed by atoms with E-state index in [2.05, 4.69) is 16.4 Å². The number of rotatable bonds is 3. The first-order valence-electron chi connectivity index (χ1n) is 5.85. The predicted octanol–water partition coefficient (Wildman–Crippen LogP) is 1.25. The summed E-state index contributed by atoms with van der Waals surface area (Å²) in [7, 11) is -2.94. The van der Waals surface area contributed by atoms with Crippen molar-refractivity contribution in [2.75, 3.05) is 17.6 Å². The van der Waals surface area contributed by atoms with E-state index in [1.807, 2.05) is 0 Å². The molecule has 1 aromatic rings. The first-order valence-corrected chi connectivity index (χ1v) is 7.57. The minimum absolute atomic E-state index is 0.282. The Morgan fingerprint density at radius 1 is 1.56 bits per heavy atom. The van der Waals surface area contributed by atoms with Gasteiger partial charge in [-0.1, -0.05) is 0 Å². The fraction of sp³-hybridized carbons (Fsp3) is 0.500. The molecule has 6 heteroatoms. The van der Waals surface area contributed by atoms with Gasteiger partial charge in [-0.15, -0.1) is 0 Å². The smallest absolute Gasteiger partial charge is 0.154 e. The first kappa shape index (κ1) is 12.8. The Kier molecular flexibility index (Phi) is 3.53. The summed E-state index contributed by atoms with van der Waals surface area (Å²) >= 11 is 0. The van der Waals surface area contributed by atoms with Crippen LogP contribution >= 0.6 is 0 Å². The molecule has 1 aliphatic heterocycles. The van der Waals surface area contributed by atoms with E-state index < -0.39 is 9.84 Å². The number of nitrogens with zero attached hydrogens (tertiary/aromatic N) is 2. The van der Waals surface area contributed by atoms with Crippen LogP contribution in [0.3, 0.4) is 0 Å². The van der Waals surface area contributed by atoms with Gasteiger partial charge in [-0.25, -0.2) is 13.4 Å². The standard InChI is InChI=1S/C12H15N3O2S/c1-9-5-10(7-13)6-12(15-9)14-8-11-3-2-4-18(11,16)17/h5-6,11H,2-4,8H2,1H3,(H,14,15). The molecule has 0 spiro atoms. The van der Waals surface area contributed by atoms with Crippen molar-refractivity contribution >= 4 is 15.7 Å². The summed E-state index contributed by atoms with van der Waals surface area (Å²) in [6.07, 6.45) is 1.44. The molecule has 5 nitrogen and oxygen atoms in total. The van der Waals surface area contributed by atoms with Crippen molar-refractivity contribution < 1.29 is 8.42 Å². The van der Waals surface area contributed by atoms with Crippen molar-refractivity contribution in [2.24, 2.45) is 0 Å². The summed E-state index contributed by atoms with van der Waals surface area (Å²) in [5.41, 5.74) is 1.27. The maximum atomic E-state index is 11.7. The normalized spacial score (nSPS) is 21.4. The molecule has 0 aliphatic carbocycles. The highest BCUT2D eigenvalue weighted by Gasteiger charge is 2.30. The molecule has 18 heavy (non-hydrogen) atoms. The number of hydrogen-bond donors (Lipinski definition) is 1. The van der Waals surface area contributed by atoms with Gasteiger partial charge in [-0.3, -0.25) is 0 Å². The van der Waals surface area contributed by atoms with Crippen molar-refractivity contribution in [1.82, 2.24) is 4.98 Å². The van der Waals surface area contributed by atoms with Crippen molar-refractivity contribution in [3.8, 4) is 6.07 Å². The number of anilines is 1. The molecule has 1 N–H and O–H groups in total. The molecule has 0 amide bonds. The van der Waals surface area contributed by atoms with E-state index in [1.165, 1.54) is 0 Å². The van der Waals surface area contributed by atoms with Crippen LogP contribution in [-0.2, 0) is 9.84 Å². The minimum Gasteiger partial charge on any atom is -0.369 e. The topological polar surface area (TPSA) is 82.9 Å². The second-order valence-electron chi connectivity index (χ2n) is 4.51. The third-order valence-corrected chi connectivity index (χ3v) is 5.33. The molecule has 96 valence electrons. The molecule has 1 aromatic heterocycles. The van der Waals surface area contributed by atoms with Crippen LogP contribution in [-0.4, -0.2) is 30.9 Å². The van der Waals surface area contributed by atoms with Gasteiger partial charge in [0.2, 0.25) is 0 Å². The van der Waals surface area contributed by atoms with Crippen molar-refractivity contribution in [2.45, 2.75) is 25.0 Å². The van der Waals surface area contributed by atoms with E-state index in [-0.39, 0.29) is 11.0 Å². The quantitative estimate of drug-likeness (QED) is 0.889. The Hall–Kier alpha value is -1.61. The molecular formula is C12H15N3O2S. The summed E-state index contributed by atoms with van der Waals surface area (Å²) in [4.78, 5) is 4.23. The van der Waals surface area contributed by atoms with Gasteiger partial charge in [-0.2, -0.15) is 5.26 Å². The van der Waals surface area contributed by atoms with Crippen LogP contribution in [0, 0.1) is 18.3 Å². The Morgan fingerprint density at radius 2 is 2.33 bits per heavy atom. The number of nitrogens with one attached hydrogen (secondary N) is 1. The monoisotopic (exact) mass is 265 g/mol. The van der Waals surface area contributed by atoms with Crippen molar-refractivity contribution in [3.05, 3.63) is 23.4 Å². The van der Waals surface area contributed by atoms with Crippen LogP contribution in [0.5, 0.6) is 0 Å². The van der Waals surface area contributed by atoms with Gasteiger partial charge in [0.05, 0.1) is 22.6 Å². The van der Waals surface area contributed by atoms with Gasteiger partial charge in [0.15, 0.2) is 9.84 Å². The van der Waals surface area contributed by atoms with Gasteiger partial charge in [0.25, 0.3) is 0 Å². The van der Waals surface area contributed by atoms with Crippen LogP contribution < -0.4 is 5.32 Å². The van der Waals surface area contributed by atoms with E-state index in [9.17, 15) is 8.42 Å². The highest BCUT2D eigenvalue weighted by atomic mass is 32.2. The highest BCUT2D eigenvalue weighted by Crippen LogP contribution is 2.20. The lowest BCUT2D eigenvalue weighted by atomic mass is 10.2. The summed E-state index contributed by atoms with van der Waals surface area (Å²) < 4.78 is 23.3. The van der Waals surface area contributed by atoms with Crippen LogP contribution in [0.25, 0.3) is 0 Å². The lowest BCUT2D eigenvalue weighted by Gasteiger charge is -2.11. The molecule has 0 aromatic carbocycles. The first-order chi connectivity index (χ1) is 8.51. The third kappa shape index (κ3) is 2.79. The zero-order chi connectivity index (χ0) is 13.2. The maximum Gasteiger partial charge on any atom is 0.154 e. The SMILES string of the molecule is Cc1cc(C#N)cc(NCC2CCCS2(=O)=O)n1. The van der Waals surface area contributed by atoms with Crippen molar-refractivity contribution in [1.29, 1.82) is 5.26 Å².